The SMILES string of the molecule is Cc1nc(C)c(CC(=O)Nc2ccccc2C(C)C)c(=O)[nH]1. The third kappa shape index (κ3) is 3.61. The molecule has 0 atom stereocenters. The van der Waals surface area contributed by atoms with E-state index in [-0.39, 0.29) is 17.9 Å². The number of hydrogen-bond acceptors (Lipinski definition) is 3. The van der Waals surface area contributed by atoms with E-state index < -0.39 is 0 Å². The fraction of sp³-hybridized carbons (Fsp3) is 0.353. The summed E-state index contributed by atoms with van der Waals surface area (Å²) in [5.74, 6) is 0.645. The van der Waals surface area contributed by atoms with E-state index in [1.54, 1.807) is 13.8 Å². The second-order valence-electron chi connectivity index (χ2n) is 5.68. The predicted octanol–water partition coefficient (Wildman–Crippen LogP) is 2.69. The van der Waals surface area contributed by atoms with Crippen molar-refractivity contribution in [3.63, 3.8) is 0 Å². The number of carbonyl (C=O) groups is 1. The van der Waals surface area contributed by atoms with E-state index >= 15 is 0 Å². The zero-order valence-electron chi connectivity index (χ0n) is 13.4. The molecule has 22 heavy (non-hydrogen) atoms. The quantitative estimate of drug-likeness (QED) is 0.911. The number of aryl methyl sites for hydroxylation is 2. The average molecular weight is 299 g/mol. The number of nitrogens with one attached hydrogen (secondary N) is 2. The molecule has 1 aromatic heterocycles. The molecule has 0 bridgehead atoms. The summed E-state index contributed by atoms with van der Waals surface area (Å²) < 4.78 is 0. The van der Waals surface area contributed by atoms with Crippen LogP contribution in [0.3, 0.4) is 0 Å². The van der Waals surface area contributed by atoms with Crippen LogP contribution in [0.4, 0.5) is 5.69 Å². The molecular formula is C17H21N3O2. The van der Waals surface area contributed by atoms with Gasteiger partial charge in [0.25, 0.3) is 5.56 Å². The van der Waals surface area contributed by atoms with E-state index in [2.05, 4.69) is 29.1 Å². The number of anilines is 1. The molecule has 0 saturated heterocycles. The maximum absolute atomic E-state index is 12.3. The number of nitrogens with zero attached hydrogens (tertiary/aromatic N) is 1. The van der Waals surface area contributed by atoms with Crippen LogP contribution >= 0.6 is 0 Å². The molecule has 0 radical (unpaired) electrons. The van der Waals surface area contributed by atoms with Gasteiger partial charge in [0.15, 0.2) is 0 Å². The number of H-pyrrole nitrogens is 1. The molecule has 116 valence electrons. The van der Waals surface area contributed by atoms with Gasteiger partial charge in [-0.1, -0.05) is 32.0 Å². The minimum atomic E-state index is -0.253. The Bertz CT molecular complexity index is 748. The van der Waals surface area contributed by atoms with Crippen molar-refractivity contribution in [2.45, 2.75) is 40.0 Å². The number of hydrogen-bond donors (Lipinski definition) is 2. The third-order valence-electron chi connectivity index (χ3n) is 3.53. The lowest BCUT2D eigenvalue weighted by atomic mass is 10.0. The van der Waals surface area contributed by atoms with Crippen LogP contribution in [0.15, 0.2) is 29.1 Å². The molecule has 2 aromatic rings. The van der Waals surface area contributed by atoms with Crippen LogP contribution in [-0.2, 0) is 11.2 Å². The van der Waals surface area contributed by atoms with Crippen molar-refractivity contribution >= 4 is 11.6 Å². The zero-order valence-corrected chi connectivity index (χ0v) is 13.4. The highest BCUT2D eigenvalue weighted by atomic mass is 16.2. The number of carbonyl (C=O) groups excluding carboxylic acids is 1. The Morgan fingerprint density at radius 3 is 2.59 bits per heavy atom. The molecule has 0 aliphatic heterocycles. The summed E-state index contributed by atoms with van der Waals surface area (Å²) >= 11 is 0. The third-order valence-corrected chi connectivity index (χ3v) is 3.53. The van der Waals surface area contributed by atoms with Gasteiger partial charge in [-0.2, -0.15) is 0 Å². The van der Waals surface area contributed by atoms with Crippen molar-refractivity contribution in [2.75, 3.05) is 5.32 Å². The standard InChI is InChI=1S/C17H21N3O2/c1-10(2)13-7-5-6-8-15(13)20-16(21)9-14-11(3)18-12(4)19-17(14)22/h5-8,10H,9H2,1-4H3,(H,20,21)(H,18,19,22). The molecule has 2 N–H and O–H groups in total. The van der Waals surface area contributed by atoms with E-state index in [0.717, 1.165) is 11.3 Å². The van der Waals surface area contributed by atoms with E-state index in [1.807, 2.05) is 24.3 Å². The van der Waals surface area contributed by atoms with Crippen LogP contribution in [-0.4, -0.2) is 15.9 Å². The maximum atomic E-state index is 12.3. The van der Waals surface area contributed by atoms with Gasteiger partial charge in [-0.05, 0) is 31.4 Å². The van der Waals surface area contributed by atoms with E-state index in [1.165, 1.54) is 0 Å². The summed E-state index contributed by atoms with van der Waals surface area (Å²) in [7, 11) is 0. The highest BCUT2D eigenvalue weighted by Gasteiger charge is 2.14. The molecule has 1 heterocycles. The zero-order chi connectivity index (χ0) is 16.3. The average Bonchev–Trinajstić information content (AvgIpc) is 2.43. The van der Waals surface area contributed by atoms with Crippen LogP contribution in [0.1, 0.15) is 42.4 Å². The number of benzene rings is 1. The van der Waals surface area contributed by atoms with Gasteiger partial charge in [0.1, 0.15) is 5.82 Å². The molecule has 1 amide bonds. The number of rotatable bonds is 4. The van der Waals surface area contributed by atoms with Crippen molar-refractivity contribution in [2.24, 2.45) is 0 Å². The lowest BCUT2D eigenvalue weighted by Crippen LogP contribution is -2.24. The first kappa shape index (κ1) is 15.9. The maximum Gasteiger partial charge on any atom is 0.254 e. The molecule has 0 saturated carbocycles. The summed E-state index contributed by atoms with van der Waals surface area (Å²) in [6.07, 6.45) is 0.0148. The number of amides is 1. The largest absolute Gasteiger partial charge is 0.326 e. The van der Waals surface area contributed by atoms with Crippen LogP contribution in [0.25, 0.3) is 0 Å². The lowest BCUT2D eigenvalue weighted by molar-refractivity contribution is -0.115. The van der Waals surface area contributed by atoms with E-state index in [9.17, 15) is 9.59 Å². The van der Waals surface area contributed by atoms with Crippen molar-refractivity contribution in [1.82, 2.24) is 9.97 Å². The first-order chi connectivity index (χ1) is 10.4. The summed E-state index contributed by atoms with van der Waals surface area (Å²) in [5.41, 5.74) is 2.61. The summed E-state index contributed by atoms with van der Waals surface area (Å²) in [4.78, 5) is 31.0. The highest BCUT2D eigenvalue weighted by Crippen LogP contribution is 2.23. The van der Waals surface area contributed by atoms with Crippen LogP contribution < -0.4 is 10.9 Å². The molecule has 0 fully saturated rings. The second kappa shape index (κ2) is 6.56. The second-order valence-corrected chi connectivity index (χ2v) is 5.68. The summed E-state index contributed by atoms with van der Waals surface area (Å²) in [6.45, 7) is 7.61. The number of aromatic nitrogens is 2. The Labute approximate surface area is 129 Å². The van der Waals surface area contributed by atoms with Gasteiger partial charge >= 0.3 is 0 Å². The lowest BCUT2D eigenvalue weighted by Gasteiger charge is -2.13. The predicted molar refractivity (Wildman–Crippen MR) is 87.2 cm³/mol. The Hall–Kier alpha value is -2.43. The van der Waals surface area contributed by atoms with Gasteiger partial charge in [0.05, 0.1) is 6.42 Å². The molecule has 1 aromatic carbocycles. The van der Waals surface area contributed by atoms with Crippen molar-refractivity contribution < 1.29 is 4.79 Å². The summed E-state index contributed by atoms with van der Waals surface area (Å²) in [5, 5.41) is 2.89. The number of aromatic amines is 1. The van der Waals surface area contributed by atoms with Gasteiger partial charge in [-0.3, -0.25) is 9.59 Å². The van der Waals surface area contributed by atoms with Crippen molar-refractivity contribution in [3.05, 3.63) is 57.3 Å². The Kier molecular flexibility index (Phi) is 4.75. The monoisotopic (exact) mass is 299 g/mol. The minimum Gasteiger partial charge on any atom is -0.326 e. The van der Waals surface area contributed by atoms with Gasteiger partial charge in [-0.25, -0.2) is 4.98 Å². The Morgan fingerprint density at radius 1 is 1.27 bits per heavy atom. The Morgan fingerprint density at radius 2 is 1.95 bits per heavy atom. The van der Waals surface area contributed by atoms with Gasteiger partial charge in [-0.15, -0.1) is 0 Å². The van der Waals surface area contributed by atoms with Crippen molar-refractivity contribution in [1.29, 1.82) is 0 Å². The molecule has 5 nitrogen and oxygen atoms in total. The molecule has 0 aliphatic carbocycles. The molecule has 0 spiro atoms. The molecule has 5 heteroatoms. The van der Waals surface area contributed by atoms with E-state index in [4.69, 9.17) is 0 Å². The van der Waals surface area contributed by atoms with E-state index in [0.29, 0.717) is 23.0 Å². The fourth-order valence-corrected chi connectivity index (χ4v) is 2.43. The van der Waals surface area contributed by atoms with Gasteiger partial charge < -0.3 is 10.3 Å². The normalized spacial score (nSPS) is 10.8. The van der Waals surface area contributed by atoms with Gasteiger partial charge in [0, 0.05) is 16.9 Å². The first-order valence-corrected chi connectivity index (χ1v) is 7.33. The molecule has 2 rings (SSSR count). The van der Waals surface area contributed by atoms with Crippen LogP contribution in [0.2, 0.25) is 0 Å². The van der Waals surface area contributed by atoms with Crippen LogP contribution in [0, 0.1) is 13.8 Å². The number of para-hydroxylation sites is 1. The highest BCUT2D eigenvalue weighted by molar-refractivity contribution is 5.93. The molecule has 0 unspecified atom stereocenters. The van der Waals surface area contributed by atoms with Gasteiger partial charge in [0.2, 0.25) is 5.91 Å². The van der Waals surface area contributed by atoms with Crippen LogP contribution in [0.5, 0.6) is 0 Å². The molecular weight excluding hydrogens is 278 g/mol. The molecule has 0 aliphatic rings. The van der Waals surface area contributed by atoms with Crippen molar-refractivity contribution in [3.8, 4) is 0 Å². The topological polar surface area (TPSA) is 74.8 Å². The first-order valence-electron chi connectivity index (χ1n) is 7.33. The summed E-state index contributed by atoms with van der Waals surface area (Å²) in [6, 6.07) is 7.69. The minimum absolute atomic E-state index is 0.0148. The smallest absolute Gasteiger partial charge is 0.254 e. The Balaban J connectivity index is 2.20. The fourth-order valence-electron chi connectivity index (χ4n) is 2.43.